The van der Waals surface area contributed by atoms with Gasteiger partial charge >= 0.3 is 0 Å². The lowest BCUT2D eigenvalue weighted by molar-refractivity contribution is 0.0946. The van der Waals surface area contributed by atoms with Crippen LogP contribution in [-0.4, -0.2) is 20.9 Å². The van der Waals surface area contributed by atoms with Gasteiger partial charge in [-0.05, 0) is 13.0 Å². The Morgan fingerprint density at radius 3 is 2.83 bits per heavy atom. The molecule has 3 aromatic rings. The summed E-state index contributed by atoms with van der Waals surface area (Å²) in [6.45, 7) is 1.69. The molecule has 0 bridgehead atoms. The summed E-state index contributed by atoms with van der Waals surface area (Å²) in [5.74, 6) is -0.720. The van der Waals surface area contributed by atoms with E-state index >= 15 is 0 Å². The fourth-order valence-corrected chi connectivity index (χ4v) is 2.14. The normalized spacial score (nSPS) is 10.6. The van der Waals surface area contributed by atoms with Gasteiger partial charge in [-0.2, -0.15) is 0 Å². The number of amides is 1. The number of rotatable bonds is 4. The maximum atomic E-state index is 13.6. The Morgan fingerprint density at radius 2 is 2.12 bits per heavy atom. The van der Waals surface area contributed by atoms with Crippen molar-refractivity contribution in [2.24, 2.45) is 0 Å². The quantitative estimate of drug-likeness (QED) is 0.760. The van der Waals surface area contributed by atoms with Gasteiger partial charge in [-0.1, -0.05) is 18.2 Å². The number of oxazole rings is 1. The second-order valence-corrected chi connectivity index (χ2v) is 5.00. The van der Waals surface area contributed by atoms with Crippen molar-refractivity contribution in [2.75, 3.05) is 5.73 Å². The van der Waals surface area contributed by atoms with Crippen LogP contribution < -0.4 is 11.1 Å². The molecule has 0 aliphatic carbocycles. The zero-order chi connectivity index (χ0) is 17.1. The summed E-state index contributed by atoms with van der Waals surface area (Å²) in [7, 11) is 0. The van der Waals surface area contributed by atoms with Crippen LogP contribution >= 0.6 is 0 Å². The van der Waals surface area contributed by atoms with E-state index < -0.39 is 11.7 Å². The summed E-state index contributed by atoms with van der Waals surface area (Å²) in [6, 6.07) is 6.18. The van der Waals surface area contributed by atoms with Gasteiger partial charge in [0.2, 0.25) is 5.89 Å². The van der Waals surface area contributed by atoms with Crippen molar-refractivity contribution in [2.45, 2.75) is 13.5 Å². The van der Waals surface area contributed by atoms with Crippen molar-refractivity contribution in [1.82, 2.24) is 20.3 Å². The van der Waals surface area contributed by atoms with Gasteiger partial charge in [0.05, 0.1) is 11.9 Å². The Balaban J connectivity index is 1.80. The topological polar surface area (TPSA) is 107 Å². The van der Waals surface area contributed by atoms with E-state index in [2.05, 4.69) is 20.3 Å². The van der Waals surface area contributed by atoms with Crippen LogP contribution in [0, 0.1) is 12.7 Å². The maximum Gasteiger partial charge on any atom is 0.274 e. The molecule has 2 heterocycles. The molecule has 8 heteroatoms. The van der Waals surface area contributed by atoms with Gasteiger partial charge in [0.1, 0.15) is 17.8 Å². The van der Waals surface area contributed by atoms with Crippen LogP contribution in [0.2, 0.25) is 0 Å². The van der Waals surface area contributed by atoms with Crippen LogP contribution in [0.4, 0.5) is 10.2 Å². The molecule has 0 radical (unpaired) electrons. The second-order valence-electron chi connectivity index (χ2n) is 5.00. The molecular weight excluding hydrogens is 313 g/mol. The smallest absolute Gasteiger partial charge is 0.274 e. The number of benzene rings is 1. The second kappa shape index (κ2) is 6.45. The van der Waals surface area contributed by atoms with E-state index in [0.717, 1.165) is 0 Å². The molecule has 0 atom stereocenters. The van der Waals surface area contributed by atoms with Gasteiger partial charge in [-0.3, -0.25) is 4.79 Å². The molecule has 3 rings (SSSR count). The van der Waals surface area contributed by atoms with Gasteiger partial charge in [-0.15, -0.1) is 0 Å². The minimum atomic E-state index is -0.537. The Labute approximate surface area is 136 Å². The molecule has 7 nitrogen and oxygen atoms in total. The molecule has 0 saturated heterocycles. The van der Waals surface area contributed by atoms with Crippen molar-refractivity contribution in [3.63, 3.8) is 0 Å². The summed E-state index contributed by atoms with van der Waals surface area (Å²) in [6.07, 6.45) is 2.88. The fraction of sp³-hybridized carbons (Fsp3) is 0.125. The molecule has 24 heavy (non-hydrogen) atoms. The molecule has 0 aliphatic heterocycles. The van der Waals surface area contributed by atoms with E-state index in [1.54, 1.807) is 25.1 Å². The summed E-state index contributed by atoms with van der Waals surface area (Å²) in [4.78, 5) is 24.5. The number of anilines is 1. The third-order valence-corrected chi connectivity index (χ3v) is 3.34. The molecule has 0 spiro atoms. The lowest BCUT2D eigenvalue weighted by atomic mass is 10.2. The van der Waals surface area contributed by atoms with Crippen LogP contribution in [0.3, 0.4) is 0 Å². The average molecular weight is 327 g/mol. The first-order valence-corrected chi connectivity index (χ1v) is 7.12. The number of nitrogens with one attached hydrogen (secondary N) is 1. The molecule has 1 amide bonds. The van der Waals surface area contributed by atoms with Crippen LogP contribution in [0.15, 0.2) is 41.1 Å². The predicted molar refractivity (Wildman–Crippen MR) is 84.2 cm³/mol. The van der Waals surface area contributed by atoms with E-state index in [-0.39, 0.29) is 23.9 Å². The number of hydrogen-bond donors (Lipinski definition) is 2. The number of carbonyl (C=O) groups excluding carboxylic acids is 1. The molecule has 1 aromatic carbocycles. The number of hydrogen-bond acceptors (Lipinski definition) is 6. The zero-order valence-corrected chi connectivity index (χ0v) is 12.8. The first kappa shape index (κ1) is 15.6. The van der Waals surface area contributed by atoms with E-state index in [1.165, 1.54) is 18.5 Å². The van der Waals surface area contributed by atoms with E-state index in [4.69, 9.17) is 10.2 Å². The van der Waals surface area contributed by atoms with E-state index in [9.17, 15) is 9.18 Å². The Morgan fingerprint density at radius 1 is 1.33 bits per heavy atom. The maximum absolute atomic E-state index is 13.6. The molecule has 2 aromatic heterocycles. The summed E-state index contributed by atoms with van der Waals surface area (Å²) in [5, 5.41) is 2.58. The van der Waals surface area contributed by atoms with Crippen molar-refractivity contribution >= 4 is 11.7 Å². The highest BCUT2D eigenvalue weighted by Crippen LogP contribution is 2.20. The Kier molecular flexibility index (Phi) is 4.19. The third-order valence-electron chi connectivity index (χ3n) is 3.34. The Bertz CT molecular complexity index is 880. The number of carbonyl (C=O) groups is 1. The molecule has 0 fully saturated rings. The molecular formula is C16H14FN5O2. The first-order chi connectivity index (χ1) is 11.6. The van der Waals surface area contributed by atoms with Crippen LogP contribution in [0.5, 0.6) is 0 Å². The summed E-state index contributed by atoms with van der Waals surface area (Å²) < 4.78 is 18.7. The molecule has 0 aliphatic rings. The third kappa shape index (κ3) is 3.07. The predicted octanol–water partition coefficient (Wildman–Crippen LogP) is 2.09. The lowest BCUT2D eigenvalue weighted by Gasteiger charge is -2.09. The average Bonchev–Trinajstić information content (AvgIpc) is 3.10. The summed E-state index contributed by atoms with van der Waals surface area (Å²) >= 11 is 0. The van der Waals surface area contributed by atoms with Crippen molar-refractivity contribution in [3.8, 4) is 11.6 Å². The first-order valence-electron chi connectivity index (χ1n) is 7.12. The highest BCUT2D eigenvalue weighted by atomic mass is 19.1. The molecule has 0 saturated carbocycles. The number of aromatic nitrogens is 3. The largest absolute Gasteiger partial charge is 0.443 e. The van der Waals surface area contributed by atoms with Crippen molar-refractivity contribution in [1.29, 1.82) is 0 Å². The van der Waals surface area contributed by atoms with E-state index in [1.807, 2.05) is 0 Å². The van der Waals surface area contributed by atoms with Crippen LogP contribution in [-0.2, 0) is 6.54 Å². The van der Waals surface area contributed by atoms with Crippen molar-refractivity contribution in [3.05, 3.63) is 59.5 Å². The molecule has 3 N–H and O–H groups in total. The highest BCUT2D eigenvalue weighted by Gasteiger charge is 2.18. The zero-order valence-electron chi connectivity index (χ0n) is 12.8. The van der Waals surface area contributed by atoms with Crippen molar-refractivity contribution < 1.29 is 13.6 Å². The van der Waals surface area contributed by atoms with Crippen LogP contribution in [0.1, 0.15) is 21.7 Å². The number of nitrogens with zero attached hydrogens (tertiary/aromatic N) is 3. The van der Waals surface area contributed by atoms with Gasteiger partial charge in [0, 0.05) is 12.1 Å². The molecule has 0 unspecified atom stereocenters. The Hall–Kier alpha value is -3.29. The number of halogens is 1. The monoisotopic (exact) mass is 327 g/mol. The number of nitrogens with two attached hydrogens (primary N) is 1. The van der Waals surface area contributed by atoms with Gasteiger partial charge in [0.25, 0.3) is 5.91 Å². The lowest BCUT2D eigenvalue weighted by Crippen LogP contribution is -2.26. The summed E-state index contributed by atoms with van der Waals surface area (Å²) in [5.41, 5.74) is 6.97. The van der Waals surface area contributed by atoms with Crippen LogP contribution in [0.25, 0.3) is 11.6 Å². The van der Waals surface area contributed by atoms with Gasteiger partial charge < -0.3 is 15.5 Å². The van der Waals surface area contributed by atoms with Gasteiger partial charge in [0.15, 0.2) is 11.5 Å². The minimum Gasteiger partial charge on any atom is -0.443 e. The minimum absolute atomic E-state index is 0.0210. The number of aryl methyl sites for hydroxylation is 1. The molecule has 122 valence electrons. The fourth-order valence-electron chi connectivity index (χ4n) is 2.14. The number of nitrogen functional groups attached to an aromatic ring is 1. The SMILES string of the molecule is Cc1nc(C(=O)NCc2ccccc2F)c(N)nc1-c1ncco1. The highest BCUT2D eigenvalue weighted by molar-refractivity contribution is 5.96. The van der Waals surface area contributed by atoms with Gasteiger partial charge in [-0.25, -0.2) is 19.3 Å². The van der Waals surface area contributed by atoms with E-state index in [0.29, 0.717) is 17.0 Å². The standard InChI is InChI=1S/C16H14FN5O2/c1-9-12(16-19-6-7-24-16)22-14(18)13(21-9)15(23)20-8-10-4-2-3-5-11(10)17/h2-7H,8H2,1H3,(H2,18,22)(H,20,23).